The van der Waals surface area contributed by atoms with Crippen LogP contribution in [0, 0.1) is 10.8 Å². The SMILES string of the molecule is CC1(C)CC(Nc2ccnc(N)c2)CC(C)(C)C1. The van der Waals surface area contributed by atoms with Gasteiger partial charge in [-0.05, 0) is 36.2 Å². The van der Waals surface area contributed by atoms with Gasteiger partial charge in [-0.25, -0.2) is 4.98 Å². The van der Waals surface area contributed by atoms with Crippen molar-refractivity contribution < 1.29 is 0 Å². The van der Waals surface area contributed by atoms with Crippen molar-refractivity contribution in [1.29, 1.82) is 0 Å². The maximum absolute atomic E-state index is 5.72. The molecule has 2 rings (SSSR count). The van der Waals surface area contributed by atoms with E-state index in [1.807, 2.05) is 12.1 Å². The second-order valence-corrected chi connectivity index (χ2v) is 7.22. The highest BCUT2D eigenvalue weighted by Crippen LogP contribution is 2.46. The second kappa shape index (κ2) is 4.45. The Morgan fingerprint density at radius 3 is 2.39 bits per heavy atom. The molecule has 0 bridgehead atoms. The molecule has 3 heteroatoms. The summed E-state index contributed by atoms with van der Waals surface area (Å²) in [4.78, 5) is 4.03. The Morgan fingerprint density at radius 1 is 1.22 bits per heavy atom. The number of rotatable bonds is 2. The second-order valence-electron chi connectivity index (χ2n) is 7.22. The van der Waals surface area contributed by atoms with Gasteiger partial charge in [-0.3, -0.25) is 0 Å². The molecule has 0 atom stereocenters. The Kier molecular flexibility index (Phi) is 3.26. The van der Waals surface area contributed by atoms with Crippen molar-refractivity contribution in [2.45, 2.75) is 53.0 Å². The Morgan fingerprint density at radius 2 is 1.83 bits per heavy atom. The number of hydrogen-bond donors (Lipinski definition) is 2. The zero-order chi connectivity index (χ0) is 13.4. The van der Waals surface area contributed by atoms with E-state index < -0.39 is 0 Å². The molecule has 1 fully saturated rings. The van der Waals surface area contributed by atoms with Crippen LogP contribution in [0.5, 0.6) is 0 Å². The normalized spacial score (nSPS) is 22.7. The van der Waals surface area contributed by atoms with Crippen molar-refractivity contribution in [3.05, 3.63) is 18.3 Å². The lowest BCUT2D eigenvalue weighted by Gasteiger charge is -2.45. The minimum Gasteiger partial charge on any atom is -0.384 e. The summed E-state index contributed by atoms with van der Waals surface area (Å²) in [5.41, 5.74) is 7.61. The molecular formula is C15H25N3. The van der Waals surface area contributed by atoms with Gasteiger partial charge in [0.15, 0.2) is 0 Å². The van der Waals surface area contributed by atoms with Crippen LogP contribution < -0.4 is 11.1 Å². The van der Waals surface area contributed by atoms with Crippen molar-refractivity contribution >= 4 is 11.5 Å². The summed E-state index contributed by atoms with van der Waals surface area (Å²) < 4.78 is 0. The number of hydrogen-bond acceptors (Lipinski definition) is 3. The molecule has 0 radical (unpaired) electrons. The van der Waals surface area contributed by atoms with Crippen LogP contribution in [0.4, 0.5) is 11.5 Å². The van der Waals surface area contributed by atoms with Gasteiger partial charge in [-0.15, -0.1) is 0 Å². The number of pyridine rings is 1. The summed E-state index contributed by atoms with van der Waals surface area (Å²) >= 11 is 0. The van der Waals surface area contributed by atoms with E-state index in [4.69, 9.17) is 5.73 Å². The van der Waals surface area contributed by atoms with Crippen LogP contribution in [0.3, 0.4) is 0 Å². The molecule has 3 nitrogen and oxygen atoms in total. The van der Waals surface area contributed by atoms with Gasteiger partial charge in [0.1, 0.15) is 5.82 Å². The quantitative estimate of drug-likeness (QED) is 0.838. The Balaban J connectivity index is 2.09. The fourth-order valence-electron chi connectivity index (χ4n) is 3.72. The Bertz CT molecular complexity index is 408. The minimum atomic E-state index is 0.401. The first-order chi connectivity index (χ1) is 8.26. The summed E-state index contributed by atoms with van der Waals surface area (Å²) in [6, 6.07) is 4.42. The molecule has 0 spiro atoms. The van der Waals surface area contributed by atoms with Crippen LogP contribution in [-0.4, -0.2) is 11.0 Å². The summed E-state index contributed by atoms with van der Waals surface area (Å²) in [5.74, 6) is 0.578. The molecule has 1 saturated carbocycles. The number of aromatic nitrogens is 1. The van der Waals surface area contributed by atoms with Gasteiger partial charge in [-0.2, -0.15) is 0 Å². The van der Waals surface area contributed by atoms with E-state index >= 15 is 0 Å². The molecule has 1 heterocycles. The highest BCUT2D eigenvalue weighted by molar-refractivity contribution is 5.50. The topological polar surface area (TPSA) is 50.9 Å². The number of nitrogens with two attached hydrogens (primary N) is 1. The van der Waals surface area contributed by atoms with Gasteiger partial charge in [-0.1, -0.05) is 27.7 Å². The predicted molar refractivity (Wildman–Crippen MR) is 77.5 cm³/mol. The molecule has 1 aromatic heterocycles. The number of anilines is 2. The van der Waals surface area contributed by atoms with Crippen LogP contribution in [0.15, 0.2) is 18.3 Å². The smallest absolute Gasteiger partial charge is 0.125 e. The number of nitrogens with one attached hydrogen (secondary N) is 1. The van der Waals surface area contributed by atoms with E-state index in [9.17, 15) is 0 Å². The van der Waals surface area contributed by atoms with Gasteiger partial charge < -0.3 is 11.1 Å². The summed E-state index contributed by atoms with van der Waals surface area (Å²) in [6.07, 6.45) is 5.46. The minimum absolute atomic E-state index is 0.401. The maximum atomic E-state index is 5.72. The molecule has 3 N–H and O–H groups in total. The van der Waals surface area contributed by atoms with Crippen LogP contribution in [0.1, 0.15) is 47.0 Å². The fourth-order valence-corrected chi connectivity index (χ4v) is 3.72. The molecule has 18 heavy (non-hydrogen) atoms. The van der Waals surface area contributed by atoms with Crippen LogP contribution >= 0.6 is 0 Å². The number of nitrogens with zero attached hydrogens (tertiary/aromatic N) is 1. The molecule has 1 aliphatic carbocycles. The van der Waals surface area contributed by atoms with Gasteiger partial charge in [0.05, 0.1) is 0 Å². The molecular weight excluding hydrogens is 222 g/mol. The van der Waals surface area contributed by atoms with Crippen LogP contribution in [0.2, 0.25) is 0 Å². The molecule has 100 valence electrons. The third kappa shape index (κ3) is 3.37. The van der Waals surface area contributed by atoms with E-state index in [2.05, 4.69) is 38.0 Å². The maximum Gasteiger partial charge on any atom is 0.125 e. The van der Waals surface area contributed by atoms with Crippen LogP contribution in [0.25, 0.3) is 0 Å². The Labute approximate surface area is 110 Å². The predicted octanol–water partition coefficient (Wildman–Crippen LogP) is 3.68. The van der Waals surface area contributed by atoms with Crippen molar-refractivity contribution in [3.8, 4) is 0 Å². The van der Waals surface area contributed by atoms with E-state index in [1.54, 1.807) is 6.20 Å². The van der Waals surface area contributed by atoms with E-state index in [-0.39, 0.29) is 0 Å². The van der Waals surface area contributed by atoms with Gasteiger partial charge >= 0.3 is 0 Å². The molecule has 0 unspecified atom stereocenters. The summed E-state index contributed by atoms with van der Waals surface area (Å²) in [7, 11) is 0. The highest BCUT2D eigenvalue weighted by atomic mass is 14.9. The fraction of sp³-hybridized carbons (Fsp3) is 0.667. The van der Waals surface area contributed by atoms with Gasteiger partial charge in [0.2, 0.25) is 0 Å². The molecule has 1 aromatic rings. The molecule has 0 saturated heterocycles. The lowest BCUT2D eigenvalue weighted by molar-refractivity contribution is 0.105. The lowest BCUT2D eigenvalue weighted by Crippen LogP contribution is -2.40. The van der Waals surface area contributed by atoms with Crippen LogP contribution in [-0.2, 0) is 0 Å². The largest absolute Gasteiger partial charge is 0.384 e. The highest BCUT2D eigenvalue weighted by Gasteiger charge is 2.38. The zero-order valence-corrected chi connectivity index (χ0v) is 12.0. The lowest BCUT2D eigenvalue weighted by atomic mass is 9.63. The van der Waals surface area contributed by atoms with Crippen molar-refractivity contribution in [1.82, 2.24) is 4.98 Å². The van der Waals surface area contributed by atoms with Crippen molar-refractivity contribution in [2.75, 3.05) is 11.1 Å². The monoisotopic (exact) mass is 247 g/mol. The van der Waals surface area contributed by atoms with Crippen molar-refractivity contribution in [3.63, 3.8) is 0 Å². The number of nitrogen functional groups attached to an aromatic ring is 1. The third-order valence-electron chi connectivity index (χ3n) is 3.71. The third-order valence-corrected chi connectivity index (χ3v) is 3.71. The molecule has 0 aromatic carbocycles. The zero-order valence-electron chi connectivity index (χ0n) is 12.0. The molecule has 1 aliphatic rings. The Hall–Kier alpha value is -1.25. The van der Waals surface area contributed by atoms with E-state index in [0.29, 0.717) is 22.7 Å². The average Bonchev–Trinajstić information content (AvgIpc) is 2.11. The van der Waals surface area contributed by atoms with Crippen molar-refractivity contribution in [2.24, 2.45) is 10.8 Å². The van der Waals surface area contributed by atoms with Gasteiger partial charge in [0, 0.05) is 24.0 Å². The molecule has 0 amide bonds. The van der Waals surface area contributed by atoms with E-state index in [1.165, 1.54) is 19.3 Å². The molecule has 0 aliphatic heterocycles. The standard InChI is InChI=1S/C15H25N3/c1-14(2)8-12(9-15(3,4)10-14)18-11-5-6-17-13(16)7-11/h5-7,12H,8-10H2,1-4H3,(H3,16,17,18). The summed E-state index contributed by atoms with van der Waals surface area (Å²) in [5, 5.41) is 3.61. The summed E-state index contributed by atoms with van der Waals surface area (Å²) in [6.45, 7) is 9.46. The first kappa shape index (κ1) is 13.2. The first-order valence-corrected chi connectivity index (χ1v) is 6.74. The first-order valence-electron chi connectivity index (χ1n) is 6.74. The van der Waals surface area contributed by atoms with Gasteiger partial charge in [0.25, 0.3) is 0 Å². The van der Waals surface area contributed by atoms with E-state index in [0.717, 1.165) is 5.69 Å². The average molecular weight is 247 g/mol.